The Morgan fingerprint density at radius 2 is 1.69 bits per heavy atom. The molecule has 1 aromatic carbocycles. The number of allylic oxidation sites excluding steroid dienone is 1. The molecule has 3 aliphatic carbocycles. The van der Waals surface area contributed by atoms with Crippen LogP contribution in [0.4, 0.5) is 13.2 Å². The van der Waals surface area contributed by atoms with Gasteiger partial charge in [-0.1, -0.05) is 51.7 Å². The third-order valence-corrected chi connectivity index (χ3v) is 7.26. The van der Waals surface area contributed by atoms with E-state index in [9.17, 15) is 13.2 Å². The second kappa shape index (κ2) is 9.57. The molecule has 4 rings (SSSR count). The Bertz CT molecular complexity index is 648. The summed E-state index contributed by atoms with van der Waals surface area (Å²) in [5, 5.41) is 0. The summed E-state index contributed by atoms with van der Waals surface area (Å²) >= 11 is 0. The van der Waals surface area contributed by atoms with E-state index in [0.717, 1.165) is 23.8 Å². The molecule has 29 heavy (non-hydrogen) atoms. The van der Waals surface area contributed by atoms with Gasteiger partial charge in [-0.2, -0.15) is 13.2 Å². The average molecular weight is 409 g/mol. The quantitative estimate of drug-likeness (QED) is 0.378. The van der Waals surface area contributed by atoms with Gasteiger partial charge in [-0.15, -0.1) is 0 Å². The molecule has 0 radical (unpaired) electrons. The smallest absolute Gasteiger partial charge is 0.409 e. The van der Waals surface area contributed by atoms with Crippen molar-refractivity contribution < 1.29 is 17.9 Å². The third kappa shape index (κ3) is 5.38. The number of rotatable bonds is 9. The Hall–Kier alpha value is -1.45. The Balaban J connectivity index is 1.74. The van der Waals surface area contributed by atoms with E-state index in [1.54, 1.807) is 0 Å². The fourth-order valence-electron chi connectivity index (χ4n) is 6.03. The van der Waals surface area contributed by atoms with Gasteiger partial charge in [-0.25, -0.2) is 0 Å². The lowest BCUT2D eigenvalue weighted by Crippen LogP contribution is -2.48. The number of fused-ring (bicyclic) bond motifs is 3. The van der Waals surface area contributed by atoms with Crippen molar-refractivity contribution in [2.45, 2.75) is 83.2 Å². The topological polar surface area (TPSA) is 9.23 Å². The highest BCUT2D eigenvalue weighted by Gasteiger charge is 2.50. The molecule has 0 spiro atoms. The molecule has 3 fully saturated rings. The Morgan fingerprint density at radius 3 is 2.24 bits per heavy atom. The second-order valence-electron chi connectivity index (χ2n) is 9.06. The van der Waals surface area contributed by atoms with Gasteiger partial charge in [0.1, 0.15) is 12.4 Å². The van der Waals surface area contributed by atoms with Crippen LogP contribution in [0.1, 0.15) is 77.2 Å². The average Bonchev–Trinajstić information content (AvgIpc) is 2.71. The van der Waals surface area contributed by atoms with E-state index < -0.39 is 6.18 Å². The molecule has 0 aromatic heterocycles. The van der Waals surface area contributed by atoms with Crippen LogP contribution in [0.5, 0.6) is 5.75 Å². The fourth-order valence-corrected chi connectivity index (χ4v) is 6.03. The molecule has 0 amide bonds. The molecule has 1 atom stereocenters. The van der Waals surface area contributed by atoms with Gasteiger partial charge in [0.15, 0.2) is 0 Å². The molecule has 4 heteroatoms. The summed E-state index contributed by atoms with van der Waals surface area (Å²) in [4.78, 5) is 0. The minimum Gasteiger partial charge on any atom is -0.490 e. The normalized spacial score (nSPS) is 27.1. The van der Waals surface area contributed by atoms with Crippen LogP contribution in [0, 0.1) is 17.8 Å². The fraction of sp³-hybridized carbons (Fsp3) is 0.680. The first-order valence-corrected chi connectivity index (χ1v) is 11.4. The van der Waals surface area contributed by atoms with Crippen LogP contribution < -0.4 is 4.74 Å². The van der Waals surface area contributed by atoms with Crippen LogP contribution in [-0.2, 0) is 5.41 Å². The van der Waals surface area contributed by atoms with Gasteiger partial charge in [0, 0.05) is 6.08 Å². The molecule has 0 heterocycles. The van der Waals surface area contributed by atoms with Crippen molar-refractivity contribution in [1.82, 2.24) is 0 Å². The number of alkyl halides is 3. The summed E-state index contributed by atoms with van der Waals surface area (Å²) in [6, 6.07) is 8.24. The van der Waals surface area contributed by atoms with Crippen molar-refractivity contribution in [1.29, 1.82) is 0 Å². The maximum absolute atomic E-state index is 12.2. The third-order valence-electron chi connectivity index (χ3n) is 7.26. The number of hydrogen-bond donors (Lipinski definition) is 0. The summed E-state index contributed by atoms with van der Waals surface area (Å²) in [6.07, 6.45) is 8.70. The van der Waals surface area contributed by atoms with Gasteiger partial charge in [0.05, 0.1) is 0 Å². The van der Waals surface area contributed by atoms with E-state index in [1.807, 2.05) is 12.1 Å². The molecular formula is C25H35F3O. The van der Waals surface area contributed by atoms with Crippen LogP contribution in [-0.4, -0.2) is 12.8 Å². The van der Waals surface area contributed by atoms with Crippen molar-refractivity contribution >= 4 is 0 Å². The van der Waals surface area contributed by atoms with E-state index in [4.69, 9.17) is 4.74 Å². The molecule has 3 aliphatic rings. The zero-order chi connectivity index (χ0) is 20.9. The minimum absolute atomic E-state index is 0.0661. The molecule has 2 bridgehead atoms. The van der Waals surface area contributed by atoms with Gasteiger partial charge in [0.25, 0.3) is 0 Å². The lowest BCUT2D eigenvalue weighted by molar-refractivity contribution is -0.0801. The Morgan fingerprint density at radius 1 is 1.07 bits per heavy atom. The summed E-state index contributed by atoms with van der Waals surface area (Å²) in [6.45, 7) is 4.54. The Labute approximate surface area is 173 Å². The zero-order valence-corrected chi connectivity index (χ0v) is 17.8. The van der Waals surface area contributed by atoms with Gasteiger partial charge in [-0.05, 0) is 79.0 Å². The summed E-state index contributed by atoms with van der Waals surface area (Å²) < 4.78 is 42.1. The van der Waals surface area contributed by atoms with E-state index in [2.05, 4.69) is 26.0 Å². The zero-order valence-electron chi connectivity index (χ0n) is 17.8. The standard InChI is InChI=1S/C25H35F3O/c1-3-6-20(7-4-2)23-18-19-12-15-24(23,16-13-19)21-8-10-22(11-9-21)29-17-5-14-25(26,27)28/h5,8-11,14,19-20,23H,3-4,6-7,12-13,15-18H2,1-2H3. The van der Waals surface area contributed by atoms with Crippen LogP contribution in [0.2, 0.25) is 0 Å². The minimum atomic E-state index is -4.28. The molecule has 3 saturated carbocycles. The first kappa shape index (κ1) is 22.2. The first-order valence-electron chi connectivity index (χ1n) is 11.4. The van der Waals surface area contributed by atoms with E-state index in [-0.39, 0.29) is 18.1 Å². The Kier molecular flexibility index (Phi) is 7.34. The maximum atomic E-state index is 12.2. The maximum Gasteiger partial charge on any atom is 0.409 e. The predicted molar refractivity (Wildman–Crippen MR) is 112 cm³/mol. The van der Waals surface area contributed by atoms with Gasteiger partial charge >= 0.3 is 6.18 Å². The molecule has 0 N–H and O–H groups in total. The van der Waals surface area contributed by atoms with Crippen LogP contribution in [0.25, 0.3) is 0 Å². The van der Waals surface area contributed by atoms with Gasteiger partial charge in [0.2, 0.25) is 0 Å². The highest BCUT2D eigenvalue weighted by molar-refractivity contribution is 5.35. The number of benzene rings is 1. The van der Waals surface area contributed by atoms with Crippen LogP contribution in [0.15, 0.2) is 36.4 Å². The molecule has 0 aliphatic heterocycles. The second-order valence-corrected chi connectivity index (χ2v) is 9.06. The SMILES string of the molecule is CCCC(CCC)C1CC2CCC1(c1ccc(OCC=CC(F)(F)F)cc1)CC2. The van der Waals surface area contributed by atoms with Crippen LogP contribution in [0.3, 0.4) is 0 Å². The largest absolute Gasteiger partial charge is 0.490 e. The lowest BCUT2D eigenvalue weighted by Gasteiger charge is -2.55. The molecular weight excluding hydrogens is 373 g/mol. The number of hydrogen-bond acceptors (Lipinski definition) is 1. The van der Waals surface area contributed by atoms with Crippen molar-refractivity contribution in [3.8, 4) is 5.75 Å². The molecule has 0 saturated heterocycles. The van der Waals surface area contributed by atoms with Crippen molar-refractivity contribution in [3.63, 3.8) is 0 Å². The summed E-state index contributed by atoms with van der Waals surface area (Å²) in [7, 11) is 0. The predicted octanol–water partition coefficient (Wildman–Crippen LogP) is 7.85. The molecule has 162 valence electrons. The highest BCUT2D eigenvalue weighted by Crippen LogP contribution is 2.58. The highest BCUT2D eigenvalue weighted by atomic mass is 19.4. The lowest BCUT2D eigenvalue weighted by atomic mass is 9.49. The molecule has 1 nitrogen and oxygen atoms in total. The molecule has 1 unspecified atom stereocenters. The first-order chi connectivity index (χ1) is 13.9. The monoisotopic (exact) mass is 408 g/mol. The summed E-state index contributed by atoms with van der Waals surface area (Å²) in [5.74, 6) is 3.10. The van der Waals surface area contributed by atoms with E-state index >= 15 is 0 Å². The molecule has 1 aromatic rings. The van der Waals surface area contributed by atoms with Gasteiger partial charge in [-0.3, -0.25) is 0 Å². The van der Waals surface area contributed by atoms with Crippen LogP contribution >= 0.6 is 0 Å². The van der Waals surface area contributed by atoms with Crippen molar-refractivity contribution in [2.24, 2.45) is 17.8 Å². The number of ether oxygens (including phenoxy) is 1. The number of halogens is 3. The van der Waals surface area contributed by atoms with E-state index in [1.165, 1.54) is 63.4 Å². The summed E-state index contributed by atoms with van der Waals surface area (Å²) in [5.41, 5.74) is 1.69. The van der Waals surface area contributed by atoms with Gasteiger partial charge < -0.3 is 4.74 Å². The van der Waals surface area contributed by atoms with Crippen molar-refractivity contribution in [2.75, 3.05) is 6.61 Å². The van der Waals surface area contributed by atoms with Crippen molar-refractivity contribution in [3.05, 3.63) is 42.0 Å². The van der Waals surface area contributed by atoms with E-state index in [0.29, 0.717) is 5.75 Å².